The molecule has 0 aliphatic rings. The molecule has 0 spiro atoms. The van der Waals surface area contributed by atoms with E-state index in [1.165, 1.54) is 11.1 Å². The molecule has 1 aromatic carbocycles. The Kier molecular flexibility index (Phi) is 7.83. The highest BCUT2D eigenvalue weighted by Crippen LogP contribution is 2.08. The van der Waals surface area contributed by atoms with Gasteiger partial charge in [0, 0.05) is 13.1 Å². The number of nitrogens with two attached hydrogens (primary N) is 1. The zero-order valence-electron chi connectivity index (χ0n) is 13.9. The van der Waals surface area contributed by atoms with Crippen LogP contribution in [0.4, 0.5) is 0 Å². The smallest absolute Gasteiger partial charge is 0.188 e. The van der Waals surface area contributed by atoms with Gasteiger partial charge in [0.1, 0.15) is 0 Å². The minimum absolute atomic E-state index is 0.524. The third kappa shape index (κ3) is 7.14. The van der Waals surface area contributed by atoms with Crippen LogP contribution >= 0.6 is 0 Å². The minimum atomic E-state index is 0.524. The summed E-state index contributed by atoms with van der Waals surface area (Å²) in [6.07, 6.45) is 0. The second kappa shape index (κ2) is 9.40. The lowest BCUT2D eigenvalue weighted by molar-refractivity contribution is 0.296. The lowest BCUT2D eigenvalue weighted by Crippen LogP contribution is -2.34. The molecule has 0 heterocycles. The maximum absolute atomic E-state index is 5.83. The SMILES string of the molecule is CCN(CC)Cc1ccc(CN=C(N)NCC(C)C)cc1. The molecule has 0 amide bonds. The summed E-state index contributed by atoms with van der Waals surface area (Å²) in [5.74, 6) is 1.09. The number of aliphatic imine (C=N–C) groups is 1. The van der Waals surface area contributed by atoms with E-state index in [0.717, 1.165) is 26.2 Å². The van der Waals surface area contributed by atoms with Gasteiger partial charge in [-0.25, -0.2) is 4.99 Å². The molecule has 0 saturated heterocycles. The molecule has 0 aliphatic carbocycles. The minimum Gasteiger partial charge on any atom is -0.370 e. The highest BCUT2D eigenvalue weighted by molar-refractivity contribution is 5.77. The standard InChI is InChI=1S/C17H30N4/c1-5-21(6-2)13-16-9-7-15(8-10-16)12-20-17(18)19-11-14(3)4/h7-10,14H,5-6,11-13H2,1-4H3,(H3,18,19,20). The van der Waals surface area contributed by atoms with Gasteiger partial charge in [-0.2, -0.15) is 0 Å². The molecular formula is C17H30N4. The van der Waals surface area contributed by atoms with Crippen LogP contribution in [0.3, 0.4) is 0 Å². The van der Waals surface area contributed by atoms with Crippen molar-refractivity contribution in [3.8, 4) is 0 Å². The topological polar surface area (TPSA) is 53.6 Å². The summed E-state index contributed by atoms with van der Waals surface area (Å²) in [6, 6.07) is 8.64. The lowest BCUT2D eigenvalue weighted by Gasteiger charge is -2.18. The second-order valence-electron chi connectivity index (χ2n) is 5.75. The van der Waals surface area contributed by atoms with Gasteiger partial charge >= 0.3 is 0 Å². The third-order valence-electron chi connectivity index (χ3n) is 3.45. The summed E-state index contributed by atoms with van der Waals surface area (Å²) in [5, 5.41) is 3.13. The maximum Gasteiger partial charge on any atom is 0.188 e. The van der Waals surface area contributed by atoms with Crippen molar-refractivity contribution in [1.82, 2.24) is 10.2 Å². The highest BCUT2D eigenvalue weighted by atomic mass is 15.1. The van der Waals surface area contributed by atoms with Gasteiger partial charge in [-0.3, -0.25) is 4.90 Å². The van der Waals surface area contributed by atoms with Crippen molar-refractivity contribution in [2.24, 2.45) is 16.6 Å². The Balaban J connectivity index is 2.49. The van der Waals surface area contributed by atoms with Crippen molar-refractivity contribution in [2.45, 2.75) is 40.8 Å². The molecule has 4 nitrogen and oxygen atoms in total. The highest BCUT2D eigenvalue weighted by Gasteiger charge is 2.01. The molecule has 1 aromatic rings. The maximum atomic E-state index is 5.83. The second-order valence-corrected chi connectivity index (χ2v) is 5.75. The molecule has 0 saturated carbocycles. The normalized spacial score (nSPS) is 12.2. The van der Waals surface area contributed by atoms with Crippen LogP contribution in [-0.4, -0.2) is 30.5 Å². The van der Waals surface area contributed by atoms with Gasteiger partial charge in [-0.1, -0.05) is 52.0 Å². The van der Waals surface area contributed by atoms with E-state index in [4.69, 9.17) is 5.73 Å². The number of nitrogens with one attached hydrogen (secondary N) is 1. The Morgan fingerprint density at radius 3 is 2.24 bits per heavy atom. The molecule has 4 heteroatoms. The largest absolute Gasteiger partial charge is 0.370 e. The van der Waals surface area contributed by atoms with Crippen LogP contribution in [0.5, 0.6) is 0 Å². The molecule has 0 fully saturated rings. The molecular weight excluding hydrogens is 260 g/mol. The van der Waals surface area contributed by atoms with E-state index in [1.807, 2.05) is 0 Å². The number of hydrogen-bond donors (Lipinski definition) is 2. The molecule has 0 radical (unpaired) electrons. The first-order valence-electron chi connectivity index (χ1n) is 7.89. The Labute approximate surface area is 129 Å². The number of rotatable bonds is 8. The Bertz CT molecular complexity index is 419. The van der Waals surface area contributed by atoms with Crippen LogP contribution in [0.25, 0.3) is 0 Å². The van der Waals surface area contributed by atoms with Crippen molar-refractivity contribution in [2.75, 3.05) is 19.6 Å². The molecule has 0 aliphatic heterocycles. The van der Waals surface area contributed by atoms with Crippen LogP contribution in [0, 0.1) is 5.92 Å². The average molecular weight is 290 g/mol. The van der Waals surface area contributed by atoms with E-state index >= 15 is 0 Å². The lowest BCUT2D eigenvalue weighted by atomic mass is 10.1. The average Bonchev–Trinajstić information content (AvgIpc) is 2.49. The molecule has 0 atom stereocenters. The summed E-state index contributed by atoms with van der Waals surface area (Å²) < 4.78 is 0. The van der Waals surface area contributed by atoms with Crippen molar-refractivity contribution < 1.29 is 0 Å². The molecule has 21 heavy (non-hydrogen) atoms. The van der Waals surface area contributed by atoms with Crippen molar-refractivity contribution in [1.29, 1.82) is 0 Å². The fourth-order valence-electron chi connectivity index (χ4n) is 2.00. The number of guanidine groups is 1. The monoisotopic (exact) mass is 290 g/mol. The zero-order valence-corrected chi connectivity index (χ0v) is 13.9. The summed E-state index contributed by atoms with van der Waals surface area (Å²) >= 11 is 0. The fraction of sp³-hybridized carbons (Fsp3) is 0.588. The molecule has 0 aromatic heterocycles. The zero-order chi connectivity index (χ0) is 15.7. The number of nitrogens with zero attached hydrogens (tertiary/aromatic N) is 2. The van der Waals surface area contributed by atoms with Crippen LogP contribution in [0.2, 0.25) is 0 Å². The Morgan fingerprint density at radius 2 is 1.71 bits per heavy atom. The van der Waals surface area contributed by atoms with Crippen LogP contribution in [-0.2, 0) is 13.1 Å². The van der Waals surface area contributed by atoms with Crippen LogP contribution in [0.1, 0.15) is 38.8 Å². The Hall–Kier alpha value is -1.55. The van der Waals surface area contributed by atoms with Crippen molar-refractivity contribution in [3.63, 3.8) is 0 Å². The first-order valence-corrected chi connectivity index (χ1v) is 7.89. The van der Waals surface area contributed by atoms with Crippen molar-refractivity contribution >= 4 is 5.96 Å². The fourth-order valence-corrected chi connectivity index (χ4v) is 2.00. The van der Waals surface area contributed by atoms with Gasteiger partial charge in [0.15, 0.2) is 5.96 Å². The summed E-state index contributed by atoms with van der Waals surface area (Å²) in [5.41, 5.74) is 8.37. The predicted molar refractivity (Wildman–Crippen MR) is 91.2 cm³/mol. The van der Waals surface area contributed by atoms with Gasteiger partial charge in [-0.05, 0) is 30.1 Å². The van der Waals surface area contributed by atoms with Crippen LogP contribution < -0.4 is 11.1 Å². The molecule has 0 unspecified atom stereocenters. The van der Waals surface area contributed by atoms with E-state index in [-0.39, 0.29) is 0 Å². The van der Waals surface area contributed by atoms with Gasteiger partial charge in [0.25, 0.3) is 0 Å². The quantitative estimate of drug-likeness (QED) is 0.571. The molecule has 1 rings (SSSR count). The number of benzene rings is 1. The molecule has 0 bridgehead atoms. The summed E-state index contributed by atoms with van der Waals surface area (Å²) in [4.78, 5) is 6.77. The van der Waals surface area contributed by atoms with E-state index in [2.05, 4.69) is 67.2 Å². The van der Waals surface area contributed by atoms with Gasteiger partial charge < -0.3 is 11.1 Å². The van der Waals surface area contributed by atoms with E-state index in [9.17, 15) is 0 Å². The first kappa shape index (κ1) is 17.5. The summed E-state index contributed by atoms with van der Waals surface area (Å²) in [7, 11) is 0. The van der Waals surface area contributed by atoms with Gasteiger partial charge in [0.2, 0.25) is 0 Å². The summed E-state index contributed by atoms with van der Waals surface area (Å²) in [6.45, 7) is 13.3. The van der Waals surface area contributed by atoms with Gasteiger partial charge in [0.05, 0.1) is 6.54 Å². The molecule has 118 valence electrons. The van der Waals surface area contributed by atoms with Gasteiger partial charge in [-0.15, -0.1) is 0 Å². The van der Waals surface area contributed by atoms with E-state index in [0.29, 0.717) is 18.4 Å². The third-order valence-corrected chi connectivity index (χ3v) is 3.45. The van der Waals surface area contributed by atoms with E-state index < -0.39 is 0 Å². The molecule has 3 N–H and O–H groups in total. The first-order chi connectivity index (χ1) is 10.0. The van der Waals surface area contributed by atoms with Crippen molar-refractivity contribution in [3.05, 3.63) is 35.4 Å². The number of hydrogen-bond acceptors (Lipinski definition) is 2. The predicted octanol–water partition coefficient (Wildman–Crippen LogP) is 2.59. The Morgan fingerprint density at radius 1 is 1.14 bits per heavy atom. The van der Waals surface area contributed by atoms with E-state index in [1.54, 1.807) is 0 Å². The van der Waals surface area contributed by atoms with Crippen LogP contribution in [0.15, 0.2) is 29.3 Å².